The molecule has 0 bridgehead atoms. The number of phenolic OH excluding ortho intramolecular Hbond substituents is 1. The SMILES string of the molecule is COc1ccc(C2COc3c(OC)c(OC)c(OC)c(O)c3C2=O)cc1N. The summed E-state index contributed by atoms with van der Waals surface area (Å²) in [5, 5.41) is 10.6. The standard InChI is InChI=1S/C19H21NO7/c1-23-12-6-5-9(7-11(12)20)10-8-27-16-13(14(10)21)15(22)17(24-2)19(26-4)18(16)25-3/h5-7,10,22H,8,20H2,1-4H3. The van der Waals surface area contributed by atoms with Gasteiger partial charge in [0.1, 0.15) is 17.9 Å². The first kappa shape index (κ1) is 18.5. The molecule has 1 atom stereocenters. The molecule has 0 aromatic heterocycles. The van der Waals surface area contributed by atoms with Crippen molar-refractivity contribution >= 4 is 11.5 Å². The number of benzene rings is 2. The third-order valence-corrected chi connectivity index (χ3v) is 4.52. The highest BCUT2D eigenvalue weighted by molar-refractivity contribution is 6.08. The van der Waals surface area contributed by atoms with E-state index in [0.717, 1.165) is 0 Å². The molecule has 3 N–H and O–H groups in total. The molecule has 0 radical (unpaired) electrons. The Morgan fingerprint density at radius 2 is 1.70 bits per heavy atom. The Kier molecular flexibility index (Phi) is 4.89. The first-order valence-electron chi connectivity index (χ1n) is 8.13. The molecule has 8 heteroatoms. The molecular weight excluding hydrogens is 354 g/mol. The maximum atomic E-state index is 13.2. The van der Waals surface area contributed by atoms with Gasteiger partial charge in [-0.25, -0.2) is 0 Å². The lowest BCUT2D eigenvalue weighted by Gasteiger charge is -2.28. The number of methoxy groups -OCH3 is 4. The van der Waals surface area contributed by atoms with Crippen LogP contribution in [0.15, 0.2) is 18.2 Å². The maximum Gasteiger partial charge on any atom is 0.211 e. The van der Waals surface area contributed by atoms with Gasteiger partial charge in [0.05, 0.1) is 40.0 Å². The zero-order valence-corrected chi connectivity index (χ0v) is 15.5. The van der Waals surface area contributed by atoms with Gasteiger partial charge in [-0.15, -0.1) is 0 Å². The van der Waals surface area contributed by atoms with E-state index in [4.69, 9.17) is 29.4 Å². The second-order valence-corrected chi connectivity index (χ2v) is 5.88. The van der Waals surface area contributed by atoms with Crippen molar-refractivity contribution in [2.24, 2.45) is 0 Å². The highest BCUT2D eigenvalue weighted by Crippen LogP contribution is 2.55. The van der Waals surface area contributed by atoms with Gasteiger partial charge < -0.3 is 34.5 Å². The lowest BCUT2D eigenvalue weighted by atomic mass is 9.87. The van der Waals surface area contributed by atoms with Gasteiger partial charge in [-0.3, -0.25) is 4.79 Å². The lowest BCUT2D eigenvalue weighted by Crippen LogP contribution is -2.27. The van der Waals surface area contributed by atoms with Gasteiger partial charge in [0.25, 0.3) is 0 Å². The quantitative estimate of drug-likeness (QED) is 0.767. The largest absolute Gasteiger partial charge is 0.504 e. The zero-order valence-electron chi connectivity index (χ0n) is 15.5. The first-order valence-corrected chi connectivity index (χ1v) is 8.13. The second-order valence-electron chi connectivity index (χ2n) is 5.88. The minimum absolute atomic E-state index is 0.0000511. The topological polar surface area (TPSA) is 109 Å². The van der Waals surface area contributed by atoms with Crippen LogP contribution in [0.2, 0.25) is 0 Å². The lowest BCUT2D eigenvalue weighted by molar-refractivity contribution is 0.0886. The van der Waals surface area contributed by atoms with Gasteiger partial charge in [0, 0.05) is 0 Å². The van der Waals surface area contributed by atoms with Crippen LogP contribution in [0, 0.1) is 0 Å². The van der Waals surface area contributed by atoms with Gasteiger partial charge in [0.15, 0.2) is 17.3 Å². The number of aromatic hydroxyl groups is 1. The number of ether oxygens (including phenoxy) is 5. The molecule has 144 valence electrons. The predicted molar refractivity (Wildman–Crippen MR) is 97.7 cm³/mol. The Morgan fingerprint density at radius 1 is 1.04 bits per heavy atom. The Bertz CT molecular complexity index is 894. The highest BCUT2D eigenvalue weighted by atomic mass is 16.6. The van der Waals surface area contributed by atoms with E-state index in [1.165, 1.54) is 28.4 Å². The molecule has 8 nitrogen and oxygen atoms in total. The molecule has 1 unspecified atom stereocenters. The van der Waals surface area contributed by atoms with E-state index in [1.807, 2.05) is 0 Å². The Labute approximate surface area is 156 Å². The smallest absolute Gasteiger partial charge is 0.211 e. The average Bonchev–Trinajstić information content (AvgIpc) is 2.67. The van der Waals surface area contributed by atoms with Gasteiger partial charge in [-0.1, -0.05) is 6.07 Å². The number of phenols is 1. The van der Waals surface area contributed by atoms with Crippen LogP contribution in [-0.2, 0) is 0 Å². The van der Waals surface area contributed by atoms with Gasteiger partial charge >= 0.3 is 0 Å². The van der Waals surface area contributed by atoms with Crippen LogP contribution in [0.25, 0.3) is 0 Å². The molecule has 27 heavy (non-hydrogen) atoms. The third-order valence-electron chi connectivity index (χ3n) is 4.52. The number of Topliss-reactive ketones (excluding diaryl/α,β-unsaturated/α-hetero) is 1. The van der Waals surface area contributed by atoms with Crippen molar-refractivity contribution in [3.8, 4) is 34.5 Å². The van der Waals surface area contributed by atoms with E-state index < -0.39 is 5.92 Å². The second kappa shape index (κ2) is 7.14. The van der Waals surface area contributed by atoms with Gasteiger partial charge in [-0.2, -0.15) is 0 Å². The molecule has 1 aliphatic heterocycles. The van der Waals surface area contributed by atoms with E-state index in [9.17, 15) is 9.90 Å². The normalized spacial score (nSPS) is 15.6. The molecule has 2 aromatic rings. The van der Waals surface area contributed by atoms with Crippen molar-refractivity contribution in [1.82, 2.24) is 0 Å². The summed E-state index contributed by atoms with van der Waals surface area (Å²) in [5.74, 6) is -0.382. The number of hydrogen-bond donors (Lipinski definition) is 2. The summed E-state index contributed by atoms with van der Waals surface area (Å²) in [6, 6.07) is 5.08. The number of nitrogen functional groups attached to an aromatic ring is 1. The minimum atomic E-state index is -0.653. The summed E-state index contributed by atoms with van der Waals surface area (Å²) in [4.78, 5) is 13.2. The van der Waals surface area contributed by atoms with Crippen LogP contribution in [-0.4, -0.2) is 45.9 Å². The Morgan fingerprint density at radius 3 is 2.26 bits per heavy atom. The molecule has 0 fully saturated rings. The van der Waals surface area contributed by atoms with Crippen LogP contribution in [0.1, 0.15) is 21.8 Å². The van der Waals surface area contributed by atoms with Gasteiger partial charge in [-0.05, 0) is 17.7 Å². The van der Waals surface area contributed by atoms with Crippen molar-refractivity contribution in [2.45, 2.75) is 5.92 Å². The maximum absolute atomic E-state index is 13.2. The van der Waals surface area contributed by atoms with Crippen molar-refractivity contribution < 1.29 is 33.6 Å². The Hall–Kier alpha value is -3.29. The van der Waals surface area contributed by atoms with Crippen LogP contribution >= 0.6 is 0 Å². The van der Waals surface area contributed by atoms with Crippen molar-refractivity contribution in [2.75, 3.05) is 40.8 Å². The Balaban J connectivity index is 2.13. The molecule has 0 saturated heterocycles. The zero-order chi connectivity index (χ0) is 19.7. The van der Waals surface area contributed by atoms with Crippen LogP contribution < -0.4 is 29.4 Å². The number of nitrogens with two attached hydrogens (primary N) is 1. The minimum Gasteiger partial charge on any atom is -0.504 e. The van der Waals surface area contributed by atoms with E-state index in [1.54, 1.807) is 18.2 Å². The molecule has 1 heterocycles. The third kappa shape index (κ3) is 2.83. The van der Waals surface area contributed by atoms with Crippen molar-refractivity contribution in [1.29, 1.82) is 0 Å². The molecular formula is C19H21NO7. The summed E-state index contributed by atoms with van der Waals surface area (Å²) in [5.41, 5.74) is 6.99. The van der Waals surface area contributed by atoms with Crippen molar-refractivity contribution in [3.05, 3.63) is 29.3 Å². The molecule has 0 amide bonds. The molecule has 0 spiro atoms. The van der Waals surface area contributed by atoms with Crippen molar-refractivity contribution in [3.63, 3.8) is 0 Å². The molecule has 3 rings (SSSR count). The monoisotopic (exact) mass is 375 g/mol. The number of carbonyl (C=O) groups excluding carboxylic acids is 1. The molecule has 0 saturated carbocycles. The number of fused-ring (bicyclic) bond motifs is 1. The number of hydrogen-bond acceptors (Lipinski definition) is 8. The number of ketones is 1. The molecule has 2 aromatic carbocycles. The van der Waals surface area contributed by atoms with Crippen LogP contribution in [0.3, 0.4) is 0 Å². The summed E-state index contributed by atoms with van der Waals surface area (Å²) < 4.78 is 26.8. The number of rotatable bonds is 5. The van der Waals surface area contributed by atoms with E-state index in [2.05, 4.69) is 0 Å². The molecule has 1 aliphatic rings. The first-order chi connectivity index (χ1) is 13.0. The van der Waals surface area contributed by atoms with Gasteiger partial charge in [0.2, 0.25) is 17.2 Å². The number of carbonyl (C=O) groups is 1. The van der Waals surface area contributed by atoms with Crippen LogP contribution in [0.5, 0.6) is 34.5 Å². The van der Waals surface area contributed by atoms with E-state index in [0.29, 0.717) is 17.0 Å². The fourth-order valence-corrected chi connectivity index (χ4v) is 3.21. The number of anilines is 1. The van der Waals surface area contributed by atoms with Crippen LogP contribution in [0.4, 0.5) is 5.69 Å². The summed E-state index contributed by atoms with van der Waals surface area (Å²) >= 11 is 0. The fraction of sp³-hybridized carbons (Fsp3) is 0.316. The van der Waals surface area contributed by atoms with E-state index >= 15 is 0 Å². The summed E-state index contributed by atoms with van der Waals surface area (Å²) in [6.07, 6.45) is 0. The highest BCUT2D eigenvalue weighted by Gasteiger charge is 2.39. The average molecular weight is 375 g/mol. The summed E-state index contributed by atoms with van der Waals surface area (Å²) in [6.45, 7) is 0.0584. The summed E-state index contributed by atoms with van der Waals surface area (Å²) in [7, 11) is 5.69. The fourth-order valence-electron chi connectivity index (χ4n) is 3.21. The molecule has 0 aliphatic carbocycles. The predicted octanol–water partition coefficient (Wildman–Crippen LogP) is 2.37. The van der Waals surface area contributed by atoms with E-state index in [-0.39, 0.29) is 46.7 Å².